The van der Waals surface area contributed by atoms with E-state index in [2.05, 4.69) is 25.3 Å². The van der Waals surface area contributed by atoms with Crippen molar-refractivity contribution in [3.05, 3.63) is 64.4 Å². The Bertz CT molecular complexity index is 885. The third-order valence-corrected chi connectivity index (χ3v) is 5.48. The lowest BCUT2D eigenvalue weighted by molar-refractivity contribution is 0.587. The Labute approximate surface area is 171 Å². The third kappa shape index (κ3) is 7.84. The highest BCUT2D eigenvalue weighted by Gasteiger charge is 2.08. The third-order valence-electron chi connectivity index (χ3n) is 3.92. The smallest absolute Gasteiger partial charge is 0.215 e. The second-order valence-corrected chi connectivity index (χ2v) is 8.46. The van der Waals surface area contributed by atoms with Gasteiger partial charge in [0.05, 0.1) is 12.3 Å². The van der Waals surface area contributed by atoms with Crippen LogP contribution >= 0.6 is 11.6 Å². The molecule has 2 aromatic rings. The van der Waals surface area contributed by atoms with E-state index < -0.39 is 10.0 Å². The summed E-state index contributed by atoms with van der Waals surface area (Å²) in [7, 11) is -1.88. The molecular weight excluding hydrogens is 398 g/mol. The number of rotatable bonds is 9. The number of halogens is 1. The second kappa shape index (κ2) is 11.0. The van der Waals surface area contributed by atoms with Gasteiger partial charge in [0.2, 0.25) is 10.0 Å². The molecule has 0 aliphatic rings. The van der Waals surface area contributed by atoms with Crippen molar-refractivity contribution in [2.75, 3.05) is 20.1 Å². The van der Waals surface area contributed by atoms with Crippen LogP contribution in [0.25, 0.3) is 0 Å². The van der Waals surface area contributed by atoms with Gasteiger partial charge in [0.1, 0.15) is 5.15 Å². The molecule has 0 unspecified atom stereocenters. The van der Waals surface area contributed by atoms with E-state index in [0.29, 0.717) is 24.2 Å². The van der Waals surface area contributed by atoms with Crippen LogP contribution in [0.2, 0.25) is 5.15 Å². The summed E-state index contributed by atoms with van der Waals surface area (Å²) >= 11 is 5.80. The molecule has 152 valence electrons. The summed E-state index contributed by atoms with van der Waals surface area (Å²) < 4.78 is 25.8. The molecule has 9 heteroatoms. The van der Waals surface area contributed by atoms with Crippen molar-refractivity contribution < 1.29 is 8.42 Å². The molecule has 0 saturated carbocycles. The lowest BCUT2D eigenvalue weighted by Crippen LogP contribution is -2.38. The maximum absolute atomic E-state index is 11.7. The molecule has 28 heavy (non-hydrogen) atoms. The molecular formula is C19H26ClN5O2S. The summed E-state index contributed by atoms with van der Waals surface area (Å²) in [5.41, 5.74) is 2.77. The molecule has 2 rings (SSSR count). The van der Waals surface area contributed by atoms with Crippen molar-refractivity contribution in [3.63, 3.8) is 0 Å². The topological polar surface area (TPSA) is 95.5 Å². The fourth-order valence-corrected chi connectivity index (χ4v) is 3.38. The summed E-state index contributed by atoms with van der Waals surface area (Å²) in [5, 5.41) is 6.98. The minimum atomic E-state index is -3.29. The van der Waals surface area contributed by atoms with Crippen LogP contribution in [0.3, 0.4) is 0 Å². The van der Waals surface area contributed by atoms with Gasteiger partial charge in [-0.15, -0.1) is 0 Å². The highest BCUT2D eigenvalue weighted by atomic mass is 35.5. The molecule has 0 saturated heterocycles. The minimum Gasteiger partial charge on any atom is -0.357 e. The standard InChI is InChI=1S/C19H26ClN5O2S/c1-3-22-19(23-10-9-15-7-8-18(20)24-12-15)25-13-16-5-4-6-17(11-16)14-28(26,27)21-2/h4-8,11-12,21H,3,9-10,13-14H2,1-2H3,(H2,22,23,25). The minimum absolute atomic E-state index is 0.0471. The van der Waals surface area contributed by atoms with Gasteiger partial charge in [-0.3, -0.25) is 0 Å². The lowest BCUT2D eigenvalue weighted by Gasteiger charge is -2.11. The average molecular weight is 424 g/mol. The van der Waals surface area contributed by atoms with Gasteiger partial charge in [-0.05, 0) is 43.1 Å². The van der Waals surface area contributed by atoms with Gasteiger partial charge < -0.3 is 10.6 Å². The number of guanidine groups is 1. The number of pyridine rings is 1. The quantitative estimate of drug-likeness (QED) is 0.326. The van der Waals surface area contributed by atoms with E-state index in [9.17, 15) is 8.42 Å². The van der Waals surface area contributed by atoms with Crippen LogP contribution in [0.15, 0.2) is 47.6 Å². The van der Waals surface area contributed by atoms with Crippen molar-refractivity contribution >= 4 is 27.6 Å². The molecule has 0 atom stereocenters. The van der Waals surface area contributed by atoms with Crippen LogP contribution in [0, 0.1) is 0 Å². The summed E-state index contributed by atoms with van der Waals surface area (Å²) in [4.78, 5) is 8.65. The fraction of sp³-hybridized carbons (Fsp3) is 0.368. The predicted octanol–water partition coefficient (Wildman–Crippen LogP) is 2.08. The normalized spacial score (nSPS) is 12.0. The van der Waals surface area contributed by atoms with Crippen LogP contribution in [-0.4, -0.2) is 39.5 Å². The first-order chi connectivity index (χ1) is 13.4. The molecule has 0 aliphatic heterocycles. The summed E-state index contributed by atoms with van der Waals surface area (Å²) in [6.45, 7) is 3.90. The van der Waals surface area contributed by atoms with Gasteiger partial charge in [-0.25, -0.2) is 23.1 Å². The van der Waals surface area contributed by atoms with Crippen molar-refractivity contribution in [3.8, 4) is 0 Å². The lowest BCUT2D eigenvalue weighted by atomic mass is 10.1. The van der Waals surface area contributed by atoms with Gasteiger partial charge in [0.25, 0.3) is 0 Å². The maximum Gasteiger partial charge on any atom is 0.215 e. The second-order valence-electron chi connectivity index (χ2n) is 6.14. The first-order valence-corrected chi connectivity index (χ1v) is 11.1. The number of aromatic nitrogens is 1. The number of aliphatic imine (C=N–C) groups is 1. The van der Waals surface area contributed by atoms with Crippen LogP contribution in [0.4, 0.5) is 0 Å². The van der Waals surface area contributed by atoms with Crippen LogP contribution in [-0.2, 0) is 28.7 Å². The van der Waals surface area contributed by atoms with Crippen LogP contribution in [0.5, 0.6) is 0 Å². The van der Waals surface area contributed by atoms with E-state index in [-0.39, 0.29) is 5.75 Å². The Balaban J connectivity index is 1.95. The highest BCUT2D eigenvalue weighted by Crippen LogP contribution is 2.10. The van der Waals surface area contributed by atoms with Crippen LogP contribution in [0.1, 0.15) is 23.6 Å². The summed E-state index contributed by atoms with van der Waals surface area (Å²) in [6.07, 6.45) is 2.56. The zero-order valence-corrected chi connectivity index (χ0v) is 17.6. The average Bonchev–Trinajstić information content (AvgIpc) is 2.67. The van der Waals surface area contributed by atoms with Gasteiger partial charge in [-0.2, -0.15) is 0 Å². The molecule has 0 spiro atoms. The molecule has 3 N–H and O–H groups in total. The number of hydrogen-bond donors (Lipinski definition) is 3. The SMILES string of the molecule is CCNC(=NCc1cccc(CS(=O)(=O)NC)c1)NCCc1ccc(Cl)nc1. The van der Waals surface area contributed by atoms with Crippen molar-refractivity contribution in [2.24, 2.45) is 4.99 Å². The molecule has 1 heterocycles. The van der Waals surface area contributed by atoms with Crippen molar-refractivity contribution in [1.82, 2.24) is 20.3 Å². The maximum atomic E-state index is 11.7. The number of nitrogens with zero attached hydrogens (tertiary/aromatic N) is 2. The zero-order chi connectivity index (χ0) is 20.4. The van der Waals surface area contributed by atoms with E-state index in [0.717, 1.165) is 29.7 Å². The van der Waals surface area contributed by atoms with E-state index in [1.165, 1.54) is 7.05 Å². The van der Waals surface area contributed by atoms with Gasteiger partial charge in [0, 0.05) is 19.3 Å². The van der Waals surface area contributed by atoms with Gasteiger partial charge in [-0.1, -0.05) is 41.9 Å². The number of nitrogens with one attached hydrogen (secondary N) is 3. The Morgan fingerprint density at radius 2 is 1.93 bits per heavy atom. The van der Waals surface area contributed by atoms with E-state index >= 15 is 0 Å². The molecule has 0 radical (unpaired) electrons. The monoisotopic (exact) mass is 423 g/mol. The summed E-state index contributed by atoms with van der Waals surface area (Å²) in [5.74, 6) is 0.659. The van der Waals surface area contributed by atoms with E-state index in [1.807, 2.05) is 31.2 Å². The van der Waals surface area contributed by atoms with E-state index in [1.54, 1.807) is 18.3 Å². The Kier molecular flexibility index (Phi) is 8.69. The molecule has 0 bridgehead atoms. The number of benzene rings is 1. The Morgan fingerprint density at radius 3 is 2.61 bits per heavy atom. The van der Waals surface area contributed by atoms with Crippen LogP contribution < -0.4 is 15.4 Å². The Hall–Kier alpha value is -2.16. The van der Waals surface area contributed by atoms with Crippen molar-refractivity contribution in [1.29, 1.82) is 0 Å². The fourth-order valence-electron chi connectivity index (χ4n) is 2.50. The van der Waals surface area contributed by atoms with Crippen molar-refractivity contribution in [2.45, 2.75) is 25.6 Å². The molecule has 0 aliphatic carbocycles. The highest BCUT2D eigenvalue weighted by molar-refractivity contribution is 7.88. The molecule has 1 aromatic carbocycles. The zero-order valence-electron chi connectivity index (χ0n) is 16.1. The molecule has 7 nitrogen and oxygen atoms in total. The predicted molar refractivity (Wildman–Crippen MR) is 114 cm³/mol. The molecule has 0 fully saturated rings. The molecule has 1 aromatic heterocycles. The number of sulfonamides is 1. The first-order valence-electron chi connectivity index (χ1n) is 9.03. The van der Waals surface area contributed by atoms with Gasteiger partial charge >= 0.3 is 0 Å². The first kappa shape index (κ1) is 22.1. The van der Waals surface area contributed by atoms with E-state index in [4.69, 9.17) is 11.6 Å². The number of hydrogen-bond acceptors (Lipinski definition) is 4. The Morgan fingerprint density at radius 1 is 1.14 bits per heavy atom. The summed E-state index contributed by atoms with van der Waals surface area (Å²) in [6, 6.07) is 11.2. The largest absolute Gasteiger partial charge is 0.357 e. The van der Waals surface area contributed by atoms with Gasteiger partial charge in [0.15, 0.2) is 5.96 Å². The molecule has 0 amide bonds.